The van der Waals surface area contributed by atoms with Crippen molar-refractivity contribution in [2.45, 2.75) is 59.2 Å². The van der Waals surface area contributed by atoms with Crippen LogP contribution in [0.4, 0.5) is 4.79 Å². The maximum Gasteiger partial charge on any atom is 0.408 e. The van der Waals surface area contributed by atoms with Gasteiger partial charge in [-0.05, 0) is 30.2 Å². The predicted molar refractivity (Wildman–Crippen MR) is 117 cm³/mol. The Morgan fingerprint density at radius 1 is 0.968 bits per heavy atom. The Morgan fingerprint density at radius 3 is 2.19 bits per heavy atom. The lowest BCUT2D eigenvalue weighted by molar-refractivity contribution is -0.124. The number of nitrogens with one attached hydrogen (secondary N) is 3. The largest absolute Gasteiger partial charge is 0.445 e. The van der Waals surface area contributed by atoms with Crippen LogP contribution in [0.15, 0.2) is 42.7 Å². The normalized spacial score (nSPS) is 13.0. The summed E-state index contributed by atoms with van der Waals surface area (Å²) in [6.07, 6.45) is 3.25. The van der Waals surface area contributed by atoms with E-state index in [1.807, 2.05) is 58.0 Å². The van der Waals surface area contributed by atoms with E-state index in [1.54, 1.807) is 6.20 Å². The first-order valence-electron chi connectivity index (χ1n) is 10.6. The molecule has 1 heterocycles. The van der Waals surface area contributed by atoms with Crippen molar-refractivity contribution in [1.82, 2.24) is 20.6 Å². The van der Waals surface area contributed by atoms with Gasteiger partial charge < -0.3 is 20.4 Å². The molecule has 1 aromatic heterocycles. The van der Waals surface area contributed by atoms with Gasteiger partial charge in [0.2, 0.25) is 11.7 Å². The van der Waals surface area contributed by atoms with Crippen LogP contribution in [0, 0.1) is 11.8 Å². The Morgan fingerprint density at radius 2 is 1.61 bits per heavy atom. The standard InChI is InChI=1S/C23H32N4O4/c1-15(2)12-18(20(28)21-24-10-11-25-21)26-22(29)19(13-16(3)4)27-23(30)31-14-17-8-6-5-7-9-17/h5-11,15-16,18-19H,12-14H2,1-4H3,(H,24,25)(H,26,29)(H,27,30)/t18-,19-/m0/s1. The number of benzene rings is 1. The van der Waals surface area contributed by atoms with Crippen LogP contribution in [0.3, 0.4) is 0 Å². The number of amides is 2. The topological polar surface area (TPSA) is 113 Å². The van der Waals surface area contributed by atoms with Crippen LogP contribution in [0.5, 0.6) is 0 Å². The molecular formula is C23H32N4O4. The third kappa shape index (κ3) is 8.24. The zero-order chi connectivity index (χ0) is 22.8. The van der Waals surface area contributed by atoms with Gasteiger partial charge in [0, 0.05) is 12.4 Å². The number of hydrogen-bond donors (Lipinski definition) is 3. The van der Waals surface area contributed by atoms with Crippen LogP contribution in [0.25, 0.3) is 0 Å². The zero-order valence-electron chi connectivity index (χ0n) is 18.6. The number of rotatable bonds is 11. The van der Waals surface area contributed by atoms with E-state index in [2.05, 4.69) is 20.6 Å². The van der Waals surface area contributed by atoms with E-state index in [4.69, 9.17) is 4.74 Å². The van der Waals surface area contributed by atoms with Gasteiger partial charge in [-0.15, -0.1) is 0 Å². The van der Waals surface area contributed by atoms with E-state index in [1.165, 1.54) is 6.20 Å². The fourth-order valence-electron chi connectivity index (χ4n) is 3.15. The van der Waals surface area contributed by atoms with Crippen LogP contribution >= 0.6 is 0 Å². The number of carbonyl (C=O) groups excluding carboxylic acids is 3. The number of Topliss-reactive ketones (excluding diaryl/α,β-unsaturated/α-hetero) is 1. The molecule has 0 saturated carbocycles. The lowest BCUT2D eigenvalue weighted by atomic mass is 9.98. The summed E-state index contributed by atoms with van der Waals surface area (Å²) in [5.74, 6) is -0.189. The van der Waals surface area contributed by atoms with E-state index in [0.29, 0.717) is 12.8 Å². The molecule has 0 fully saturated rings. The van der Waals surface area contributed by atoms with E-state index in [0.717, 1.165) is 5.56 Å². The highest BCUT2D eigenvalue weighted by Gasteiger charge is 2.29. The number of carbonyl (C=O) groups is 3. The van der Waals surface area contributed by atoms with Crippen LogP contribution < -0.4 is 10.6 Å². The van der Waals surface area contributed by atoms with Crippen molar-refractivity contribution in [1.29, 1.82) is 0 Å². The number of nitrogens with zero attached hydrogens (tertiary/aromatic N) is 1. The number of ketones is 1. The van der Waals surface area contributed by atoms with E-state index >= 15 is 0 Å². The highest BCUT2D eigenvalue weighted by molar-refractivity contribution is 6.00. The summed E-state index contributed by atoms with van der Waals surface area (Å²) in [6.45, 7) is 7.96. The lowest BCUT2D eigenvalue weighted by Crippen LogP contribution is -2.52. The molecule has 31 heavy (non-hydrogen) atoms. The third-order valence-corrected chi connectivity index (χ3v) is 4.60. The first kappa shape index (κ1) is 24.1. The number of alkyl carbamates (subject to hydrolysis) is 1. The van der Waals surface area contributed by atoms with Gasteiger partial charge in [-0.2, -0.15) is 0 Å². The van der Waals surface area contributed by atoms with Gasteiger partial charge in [0.25, 0.3) is 0 Å². The highest BCUT2D eigenvalue weighted by Crippen LogP contribution is 2.12. The molecule has 0 aliphatic carbocycles. The fourth-order valence-corrected chi connectivity index (χ4v) is 3.15. The minimum absolute atomic E-state index is 0.107. The van der Waals surface area contributed by atoms with Gasteiger partial charge >= 0.3 is 6.09 Å². The van der Waals surface area contributed by atoms with Crippen molar-refractivity contribution in [3.05, 3.63) is 54.1 Å². The van der Waals surface area contributed by atoms with Gasteiger partial charge in [-0.25, -0.2) is 9.78 Å². The molecule has 1 aromatic carbocycles. The summed E-state index contributed by atoms with van der Waals surface area (Å²) >= 11 is 0. The van der Waals surface area contributed by atoms with Gasteiger partial charge in [-0.3, -0.25) is 9.59 Å². The maximum atomic E-state index is 13.0. The van der Waals surface area contributed by atoms with Gasteiger partial charge in [0.1, 0.15) is 12.6 Å². The average molecular weight is 429 g/mol. The molecule has 0 bridgehead atoms. The average Bonchev–Trinajstić information content (AvgIpc) is 3.25. The zero-order valence-corrected chi connectivity index (χ0v) is 18.6. The van der Waals surface area contributed by atoms with Crippen molar-refractivity contribution in [3.8, 4) is 0 Å². The van der Waals surface area contributed by atoms with Crippen molar-refractivity contribution in [3.63, 3.8) is 0 Å². The van der Waals surface area contributed by atoms with Crippen molar-refractivity contribution < 1.29 is 19.1 Å². The second-order valence-electron chi connectivity index (χ2n) is 8.38. The second-order valence-corrected chi connectivity index (χ2v) is 8.38. The smallest absolute Gasteiger partial charge is 0.408 e. The van der Waals surface area contributed by atoms with Gasteiger partial charge in [-0.1, -0.05) is 58.0 Å². The number of hydrogen-bond acceptors (Lipinski definition) is 5. The molecule has 2 atom stereocenters. The monoisotopic (exact) mass is 428 g/mol. The number of imidazole rings is 1. The molecule has 2 aromatic rings. The SMILES string of the molecule is CC(C)C[C@H](NC(=O)OCc1ccccc1)C(=O)N[C@@H](CC(C)C)C(=O)c1ncc[nH]1. The van der Waals surface area contributed by atoms with E-state index in [-0.39, 0.29) is 30.1 Å². The summed E-state index contributed by atoms with van der Waals surface area (Å²) < 4.78 is 5.25. The minimum Gasteiger partial charge on any atom is -0.445 e. The summed E-state index contributed by atoms with van der Waals surface area (Å²) in [4.78, 5) is 44.9. The van der Waals surface area contributed by atoms with Crippen LogP contribution in [-0.2, 0) is 16.1 Å². The van der Waals surface area contributed by atoms with E-state index in [9.17, 15) is 14.4 Å². The molecule has 3 N–H and O–H groups in total. The molecule has 0 spiro atoms. The van der Waals surface area contributed by atoms with Crippen LogP contribution in [0.1, 0.15) is 56.7 Å². The Kier molecular flexibility index (Phi) is 9.24. The molecule has 0 aliphatic rings. The fraction of sp³-hybridized carbons (Fsp3) is 0.478. The Bertz CT molecular complexity index is 835. The number of H-pyrrole nitrogens is 1. The molecule has 2 amide bonds. The minimum atomic E-state index is -0.817. The molecule has 0 unspecified atom stereocenters. The van der Waals surface area contributed by atoms with Crippen molar-refractivity contribution in [2.24, 2.45) is 11.8 Å². The molecule has 2 rings (SSSR count). The number of aromatic nitrogens is 2. The summed E-state index contributed by atoms with van der Waals surface area (Å²) in [6, 6.07) is 7.74. The second kappa shape index (κ2) is 11.9. The molecule has 168 valence electrons. The summed E-state index contributed by atoms with van der Waals surface area (Å²) in [5, 5.41) is 5.45. The van der Waals surface area contributed by atoms with Crippen LogP contribution in [0.2, 0.25) is 0 Å². The first-order valence-corrected chi connectivity index (χ1v) is 10.6. The number of aromatic amines is 1. The molecular weight excluding hydrogens is 396 g/mol. The molecule has 0 saturated heterocycles. The van der Waals surface area contributed by atoms with Crippen LogP contribution in [-0.4, -0.2) is 39.8 Å². The van der Waals surface area contributed by atoms with Gasteiger partial charge in [0.05, 0.1) is 6.04 Å². The first-order chi connectivity index (χ1) is 14.8. The Hall–Kier alpha value is -3.16. The molecule has 8 heteroatoms. The van der Waals surface area contributed by atoms with E-state index < -0.39 is 24.1 Å². The Balaban J connectivity index is 2.03. The van der Waals surface area contributed by atoms with Gasteiger partial charge in [0.15, 0.2) is 5.82 Å². The molecule has 8 nitrogen and oxygen atoms in total. The van der Waals surface area contributed by atoms with Crippen molar-refractivity contribution >= 4 is 17.8 Å². The summed E-state index contributed by atoms with van der Waals surface area (Å²) in [5.41, 5.74) is 0.851. The molecule has 0 aliphatic heterocycles. The Labute approximate surface area is 183 Å². The van der Waals surface area contributed by atoms with Crippen molar-refractivity contribution in [2.75, 3.05) is 0 Å². The number of ether oxygens (including phenoxy) is 1. The molecule has 0 radical (unpaired) electrons. The predicted octanol–water partition coefficient (Wildman–Crippen LogP) is 3.46. The third-order valence-electron chi connectivity index (χ3n) is 4.60. The maximum absolute atomic E-state index is 13.0. The highest BCUT2D eigenvalue weighted by atomic mass is 16.5. The summed E-state index contributed by atoms with van der Waals surface area (Å²) in [7, 11) is 0. The quantitative estimate of drug-likeness (QED) is 0.474. The lowest BCUT2D eigenvalue weighted by Gasteiger charge is -2.24.